The predicted octanol–water partition coefficient (Wildman–Crippen LogP) is 4.05. The predicted molar refractivity (Wildman–Crippen MR) is 136 cm³/mol. The molecule has 35 heavy (non-hydrogen) atoms. The van der Waals surface area contributed by atoms with Crippen molar-refractivity contribution >= 4 is 17.7 Å². The molecule has 1 N–H and O–H groups in total. The minimum Gasteiger partial charge on any atom is -0.493 e. The van der Waals surface area contributed by atoms with E-state index in [4.69, 9.17) is 14.0 Å². The van der Waals surface area contributed by atoms with Gasteiger partial charge in [0.2, 0.25) is 17.6 Å². The molecule has 1 unspecified atom stereocenters. The Morgan fingerprint density at radius 2 is 1.97 bits per heavy atom. The molecule has 2 heterocycles. The molecular formula is C26H32N4O4S. The highest BCUT2D eigenvalue weighted by atomic mass is 32.2. The molecule has 1 aromatic heterocycles. The van der Waals surface area contributed by atoms with Crippen LogP contribution in [0.1, 0.15) is 24.3 Å². The molecule has 0 spiro atoms. The first-order valence-corrected chi connectivity index (χ1v) is 13.0. The zero-order valence-corrected chi connectivity index (χ0v) is 21.3. The van der Waals surface area contributed by atoms with Gasteiger partial charge < -0.3 is 19.3 Å². The van der Waals surface area contributed by atoms with Crippen LogP contribution in [0.5, 0.6) is 11.5 Å². The molecule has 3 aromatic rings. The topological polar surface area (TPSA) is 89.7 Å². The van der Waals surface area contributed by atoms with Crippen LogP contribution in [-0.4, -0.2) is 61.1 Å². The second-order valence-electron chi connectivity index (χ2n) is 8.54. The lowest BCUT2D eigenvalue weighted by Crippen LogP contribution is -2.43. The van der Waals surface area contributed by atoms with Gasteiger partial charge in [-0.3, -0.25) is 9.69 Å². The van der Waals surface area contributed by atoms with E-state index in [0.29, 0.717) is 42.8 Å². The number of carbonyl (C=O) groups excluding carboxylic acids is 1. The summed E-state index contributed by atoms with van der Waals surface area (Å²) in [6, 6.07) is 14.0. The SMILES string of the molecule is COc1ccc(-c2noc(CN3CCCC(C(=O)NCCc4ccc(SC)cc4)C3)n2)cc1OC. The zero-order valence-electron chi connectivity index (χ0n) is 20.5. The number of benzene rings is 2. The number of ether oxygens (including phenoxy) is 2. The van der Waals surface area contributed by atoms with Crippen LogP contribution in [0.3, 0.4) is 0 Å². The highest BCUT2D eigenvalue weighted by molar-refractivity contribution is 7.98. The average molecular weight is 497 g/mol. The first kappa shape index (κ1) is 25.1. The lowest BCUT2D eigenvalue weighted by Gasteiger charge is -2.30. The molecule has 0 bridgehead atoms. The third kappa shape index (κ3) is 6.55. The number of piperidine rings is 1. The fourth-order valence-electron chi connectivity index (χ4n) is 4.28. The van der Waals surface area contributed by atoms with E-state index < -0.39 is 0 Å². The summed E-state index contributed by atoms with van der Waals surface area (Å²) in [7, 11) is 3.19. The third-order valence-electron chi connectivity index (χ3n) is 6.22. The number of carbonyl (C=O) groups is 1. The number of likely N-dealkylation sites (tertiary alicyclic amines) is 1. The van der Waals surface area contributed by atoms with Crippen LogP contribution < -0.4 is 14.8 Å². The van der Waals surface area contributed by atoms with Crippen LogP contribution in [0.4, 0.5) is 0 Å². The Morgan fingerprint density at radius 1 is 1.17 bits per heavy atom. The van der Waals surface area contributed by atoms with Crippen LogP contribution in [0.25, 0.3) is 11.4 Å². The number of rotatable bonds is 10. The van der Waals surface area contributed by atoms with E-state index in [0.717, 1.165) is 31.4 Å². The summed E-state index contributed by atoms with van der Waals surface area (Å²) in [6.07, 6.45) is 4.76. The Balaban J connectivity index is 1.28. The highest BCUT2D eigenvalue weighted by Crippen LogP contribution is 2.31. The lowest BCUT2D eigenvalue weighted by atomic mass is 9.97. The average Bonchev–Trinajstić information content (AvgIpc) is 3.37. The molecule has 0 saturated carbocycles. The molecule has 0 aliphatic carbocycles. The Hall–Kier alpha value is -3.04. The first-order chi connectivity index (χ1) is 17.1. The lowest BCUT2D eigenvalue weighted by molar-refractivity contribution is -0.126. The number of amides is 1. The maximum atomic E-state index is 12.8. The van der Waals surface area contributed by atoms with Gasteiger partial charge in [-0.1, -0.05) is 17.3 Å². The molecule has 186 valence electrons. The highest BCUT2D eigenvalue weighted by Gasteiger charge is 2.26. The third-order valence-corrected chi connectivity index (χ3v) is 6.96. The molecule has 8 nitrogen and oxygen atoms in total. The van der Waals surface area contributed by atoms with Gasteiger partial charge in [-0.25, -0.2) is 0 Å². The van der Waals surface area contributed by atoms with Crippen molar-refractivity contribution in [3.05, 3.63) is 53.9 Å². The normalized spacial score (nSPS) is 16.1. The van der Waals surface area contributed by atoms with Crippen molar-refractivity contribution in [3.63, 3.8) is 0 Å². The zero-order chi connectivity index (χ0) is 24.6. The van der Waals surface area contributed by atoms with Gasteiger partial charge in [0.15, 0.2) is 11.5 Å². The summed E-state index contributed by atoms with van der Waals surface area (Å²) in [5.41, 5.74) is 2.02. The summed E-state index contributed by atoms with van der Waals surface area (Å²) in [5.74, 6) is 2.37. The quantitative estimate of drug-likeness (QED) is 0.421. The van der Waals surface area contributed by atoms with Crippen LogP contribution in [0.2, 0.25) is 0 Å². The van der Waals surface area contributed by atoms with Gasteiger partial charge >= 0.3 is 0 Å². The molecule has 0 radical (unpaired) electrons. The fourth-order valence-corrected chi connectivity index (χ4v) is 4.69. The van der Waals surface area contributed by atoms with Crippen LogP contribution in [0.15, 0.2) is 51.9 Å². The molecule has 1 amide bonds. The van der Waals surface area contributed by atoms with Crippen LogP contribution >= 0.6 is 11.8 Å². The fraction of sp³-hybridized carbons (Fsp3) is 0.423. The van der Waals surface area contributed by atoms with Crippen molar-refractivity contribution in [1.82, 2.24) is 20.4 Å². The number of aromatic nitrogens is 2. The monoisotopic (exact) mass is 496 g/mol. The standard InChI is InChI=1S/C26H32N4O4S/c1-32-22-11-8-19(15-23(22)33-2)25-28-24(34-29-25)17-30-14-4-5-20(16-30)26(31)27-13-12-18-6-9-21(35-3)10-7-18/h6-11,15,20H,4-5,12-14,16-17H2,1-3H3,(H,27,31). The van der Waals surface area contributed by atoms with E-state index in [2.05, 4.69) is 50.9 Å². The molecule has 1 saturated heterocycles. The van der Waals surface area contributed by atoms with Crippen molar-refractivity contribution in [3.8, 4) is 22.9 Å². The number of hydrogen-bond acceptors (Lipinski definition) is 8. The number of hydrogen-bond donors (Lipinski definition) is 1. The van der Waals surface area contributed by atoms with E-state index in [-0.39, 0.29) is 11.8 Å². The van der Waals surface area contributed by atoms with Crippen molar-refractivity contribution in [2.45, 2.75) is 30.7 Å². The number of thioether (sulfide) groups is 1. The summed E-state index contributed by atoms with van der Waals surface area (Å²) in [6.45, 7) is 2.75. The Labute approximate surface area is 210 Å². The van der Waals surface area contributed by atoms with Gasteiger partial charge in [0.25, 0.3) is 0 Å². The molecule has 1 fully saturated rings. The number of nitrogens with zero attached hydrogens (tertiary/aromatic N) is 3. The molecule has 1 aliphatic heterocycles. The van der Waals surface area contributed by atoms with Gasteiger partial charge in [0.1, 0.15) is 0 Å². The summed E-state index contributed by atoms with van der Waals surface area (Å²) in [5, 5.41) is 7.24. The van der Waals surface area contributed by atoms with Gasteiger partial charge in [-0.05, 0) is 68.0 Å². The summed E-state index contributed by atoms with van der Waals surface area (Å²) < 4.78 is 16.2. The van der Waals surface area contributed by atoms with E-state index in [1.54, 1.807) is 26.0 Å². The Kier molecular flexibility index (Phi) is 8.65. The van der Waals surface area contributed by atoms with E-state index in [9.17, 15) is 4.79 Å². The molecule has 1 aliphatic rings. The van der Waals surface area contributed by atoms with Gasteiger partial charge in [-0.15, -0.1) is 11.8 Å². The summed E-state index contributed by atoms with van der Waals surface area (Å²) in [4.78, 5) is 20.8. The first-order valence-electron chi connectivity index (χ1n) is 11.8. The van der Waals surface area contributed by atoms with E-state index >= 15 is 0 Å². The molecule has 4 rings (SSSR count). The minimum atomic E-state index is -0.0316. The second kappa shape index (κ2) is 12.1. The maximum absolute atomic E-state index is 12.8. The maximum Gasteiger partial charge on any atom is 0.241 e. The molecule has 1 atom stereocenters. The molecule has 9 heteroatoms. The van der Waals surface area contributed by atoms with Gasteiger partial charge in [0.05, 0.1) is 26.7 Å². The van der Waals surface area contributed by atoms with E-state index in [1.165, 1.54) is 10.5 Å². The molecule has 2 aromatic carbocycles. The number of nitrogens with one attached hydrogen (secondary N) is 1. The van der Waals surface area contributed by atoms with Crippen LogP contribution in [-0.2, 0) is 17.8 Å². The summed E-state index contributed by atoms with van der Waals surface area (Å²) >= 11 is 1.73. The van der Waals surface area contributed by atoms with Crippen molar-refractivity contribution in [2.75, 3.05) is 40.1 Å². The Bertz CT molecular complexity index is 1120. The van der Waals surface area contributed by atoms with Crippen molar-refractivity contribution < 1.29 is 18.8 Å². The smallest absolute Gasteiger partial charge is 0.241 e. The van der Waals surface area contributed by atoms with Gasteiger partial charge in [-0.2, -0.15) is 4.98 Å². The Morgan fingerprint density at radius 3 is 2.71 bits per heavy atom. The largest absolute Gasteiger partial charge is 0.493 e. The van der Waals surface area contributed by atoms with Gasteiger partial charge in [0, 0.05) is 23.5 Å². The number of methoxy groups -OCH3 is 2. The van der Waals surface area contributed by atoms with Crippen molar-refractivity contribution in [2.24, 2.45) is 5.92 Å². The molecular weight excluding hydrogens is 464 g/mol. The van der Waals surface area contributed by atoms with Crippen LogP contribution in [0, 0.1) is 5.92 Å². The van der Waals surface area contributed by atoms with Crippen molar-refractivity contribution in [1.29, 1.82) is 0 Å². The second-order valence-corrected chi connectivity index (χ2v) is 9.42. The minimum absolute atomic E-state index is 0.0316. The van der Waals surface area contributed by atoms with E-state index in [1.807, 2.05) is 18.2 Å².